The van der Waals surface area contributed by atoms with Gasteiger partial charge in [-0.05, 0) is 31.4 Å². The highest BCUT2D eigenvalue weighted by Crippen LogP contribution is 2.08. The molecule has 0 radical (unpaired) electrons. The van der Waals surface area contributed by atoms with Crippen LogP contribution in [0.25, 0.3) is 0 Å². The van der Waals surface area contributed by atoms with E-state index in [2.05, 4.69) is 17.0 Å². The lowest BCUT2D eigenvalue weighted by molar-refractivity contribution is -0.129. The third-order valence-electron chi connectivity index (χ3n) is 3.07. The first-order valence-electron chi connectivity index (χ1n) is 6.69. The fraction of sp³-hybridized carbons (Fsp3) is 0.533. The molecule has 3 heteroatoms. The van der Waals surface area contributed by atoms with Gasteiger partial charge in [-0.25, -0.2) is 0 Å². The average molecular weight is 249 g/mol. The van der Waals surface area contributed by atoms with E-state index in [4.69, 9.17) is 0 Å². The molecule has 0 spiro atoms. The molecule has 1 fully saturated rings. The molecule has 2 rings (SSSR count). The normalized spacial score (nSPS) is 18.4. The average Bonchev–Trinajstić information content (AvgIpc) is 2.48. The van der Waals surface area contributed by atoms with Gasteiger partial charge in [-0.3, -0.25) is 4.79 Å². The topological polar surface area (TPSA) is 38.3 Å². The van der Waals surface area contributed by atoms with Crippen LogP contribution in [0.2, 0.25) is 0 Å². The van der Waals surface area contributed by atoms with E-state index in [1.807, 2.05) is 30.3 Å². The Morgan fingerprint density at radius 2 is 2.11 bits per heavy atom. The van der Waals surface area contributed by atoms with Gasteiger partial charge >= 0.3 is 0 Å². The molecule has 0 bridgehead atoms. The first-order valence-corrected chi connectivity index (χ1v) is 6.69. The molecule has 0 aliphatic carbocycles. The molecule has 0 amide bonds. The van der Waals surface area contributed by atoms with Gasteiger partial charge in [0.05, 0.1) is 0 Å². The van der Waals surface area contributed by atoms with Crippen molar-refractivity contribution in [2.24, 2.45) is 0 Å². The number of piperidine rings is 1. The van der Waals surface area contributed by atoms with Crippen LogP contribution in [-0.2, 0) is 16.1 Å². The summed E-state index contributed by atoms with van der Waals surface area (Å²) in [6.45, 7) is 4.32. The number of nitrogens with one attached hydrogen (secondary N) is 1. The molecule has 1 heterocycles. The molecule has 0 aromatic heterocycles. The number of ether oxygens (including phenoxy) is 1. The van der Waals surface area contributed by atoms with Gasteiger partial charge in [-0.15, -0.1) is 0 Å². The first-order chi connectivity index (χ1) is 8.86. The third-order valence-corrected chi connectivity index (χ3v) is 3.07. The maximum atomic E-state index is 9.76. The van der Waals surface area contributed by atoms with Crippen LogP contribution in [0.15, 0.2) is 30.3 Å². The van der Waals surface area contributed by atoms with Crippen LogP contribution < -0.4 is 5.32 Å². The van der Waals surface area contributed by atoms with Crippen molar-refractivity contribution >= 4 is 6.47 Å². The van der Waals surface area contributed by atoms with Gasteiger partial charge in [-0.1, -0.05) is 43.7 Å². The molecular weight excluding hydrogens is 226 g/mol. The van der Waals surface area contributed by atoms with Crippen molar-refractivity contribution in [2.45, 2.75) is 45.3 Å². The summed E-state index contributed by atoms with van der Waals surface area (Å²) in [5, 5.41) is 3.47. The Morgan fingerprint density at radius 1 is 1.33 bits per heavy atom. The number of carbonyl (C=O) groups is 1. The molecule has 1 N–H and O–H groups in total. The van der Waals surface area contributed by atoms with Crippen LogP contribution in [0.4, 0.5) is 0 Å². The van der Waals surface area contributed by atoms with Crippen LogP contribution >= 0.6 is 0 Å². The molecule has 100 valence electrons. The Balaban J connectivity index is 0.000000184. The second kappa shape index (κ2) is 9.66. The van der Waals surface area contributed by atoms with Crippen molar-refractivity contribution in [1.29, 1.82) is 0 Å². The predicted molar refractivity (Wildman–Crippen MR) is 73.2 cm³/mol. The zero-order valence-electron chi connectivity index (χ0n) is 11.1. The molecule has 18 heavy (non-hydrogen) atoms. The highest BCUT2D eigenvalue weighted by Gasteiger charge is 2.08. The van der Waals surface area contributed by atoms with Gasteiger partial charge in [0, 0.05) is 6.04 Å². The van der Waals surface area contributed by atoms with Crippen molar-refractivity contribution in [3.8, 4) is 0 Å². The summed E-state index contributed by atoms with van der Waals surface area (Å²) < 4.78 is 4.54. The van der Waals surface area contributed by atoms with Crippen LogP contribution in [-0.4, -0.2) is 19.1 Å². The minimum Gasteiger partial charge on any atom is -0.463 e. The molecular formula is C15H23NO2. The van der Waals surface area contributed by atoms with Crippen LogP contribution in [0.1, 0.15) is 38.2 Å². The molecule has 0 saturated carbocycles. The number of carbonyl (C=O) groups excluding carboxylic acids is 1. The van der Waals surface area contributed by atoms with Gasteiger partial charge in [0.1, 0.15) is 6.61 Å². The van der Waals surface area contributed by atoms with Gasteiger partial charge in [0.25, 0.3) is 6.47 Å². The van der Waals surface area contributed by atoms with Gasteiger partial charge in [0.2, 0.25) is 0 Å². The summed E-state index contributed by atoms with van der Waals surface area (Å²) >= 11 is 0. The Kier molecular flexibility index (Phi) is 7.89. The lowest BCUT2D eigenvalue weighted by atomic mass is 10.0. The smallest absolute Gasteiger partial charge is 0.293 e. The molecule has 1 unspecified atom stereocenters. The molecule has 1 atom stereocenters. The fourth-order valence-electron chi connectivity index (χ4n) is 1.98. The SMILES string of the molecule is CCC1CCCCN1.O=COCc1ccccc1. The molecule has 1 aliphatic rings. The van der Waals surface area contributed by atoms with E-state index in [0.717, 1.165) is 11.6 Å². The second-order valence-corrected chi connectivity index (χ2v) is 4.45. The first kappa shape index (κ1) is 14.7. The van der Waals surface area contributed by atoms with Crippen molar-refractivity contribution in [3.05, 3.63) is 35.9 Å². The van der Waals surface area contributed by atoms with E-state index in [1.165, 1.54) is 32.2 Å². The largest absolute Gasteiger partial charge is 0.463 e. The lowest BCUT2D eigenvalue weighted by Crippen LogP contribution is -2.32. The standard InChI is InChI=1S/C8H8O2.C7H15N/c9-7-10-6-8-4-2-1-3-5-8;1-2-7-5-3-4-6-8-7/h1-5,7H,6H2;7-8H,2-6H2,1H3. The quantitative estimate of drug-likeness (QED) is 0.834. The maximum Gasteiger partial charge on any atom is 0.293 e. The minimum absolute atomic E-state index is 0.365. The van der Waals surface area contributed by atoms with Gasteiger partial charge in [0.15, 0.2) is 0 Å². The van der Waals surface area contributed by atoms with E-state index in [1.54, 1.807) is 0 Å². The second-order valence-electron chi connectivity index (χ2n) is 4.45. The van der Waals surface area contributed by atoms with Gasteiger partial charge in [-0.2, -0.15) is 0 Å². The summed E-state index contributed by atoms with van der Waals surface area (Å²) in [4.78, 5) is 9.76. The van der Waals surface area contributed by atoms with Crippen molar-refractivity contribution in [1.82, 2.24) is 5.32 Å². The Hall–Kier alpha value is -1.35. The summed E-state index contributed by atoms with van der Waals surface area (Å²) in [5.41, 5.74) is 1.01. The van der Waals surface area contributed by atoms with Gasteiger partial charge < -0.3 is 10.1 Å². The van der Waals surface area contributed by atoms with E-state index >= 15 is 0 Å². The van der Waals surface area contributed by atoms with Crippen LogP contribution in [0.5, 0.6) is 0 Å². The van der Waals surface area contributed by atoms with Crippen LogP contribution in [0, 0.1) is 0 Å². The van der Waals surface area contributed by atoms with Crippen molar-refractivity contribution < 1.29 is 9.53 Å². The monoisotopic (exact) mass is 249 g/mol. The Bertz CT molecular complexity index is 308. The summed E-state index contributed by atoms with van der Waals surface area (Å²) in [5.74, 6) is 0. The Morgan fingerprint density at radius 3 is 2.61 bits per heavy atom. The highest BCUT2D eigenvalue weighted by molar-refractivity contribution is 5.37. The summed E-state index contributed by atoms with van der Waals surface area (Å²) in [6, 6.07) is 10.4. The highest BCUT2D eigenvalue weighted by atomic mass is 16.5. The van der Waals surface area contributed by atoms with Crippen molar-refractivity contribution in [2.75, 3.05) is 6.54 Å². The zero-order chi connectivity index (χ0) is 13.1. The Labute approximate surface area is 110 Å². The molecule has 1 aromatic carbocycles. The number of hydrogen-bond donors (Lipinski definition) is 1. The summed E-state index contributed by atoms with van der Waals surface area (Å²) in [7, 11) is 0. The molecule has 1 aliphatic heterocycles. The number of hydrogen-bond acceptors (Lipinski definition) is 3. The van der Waals surface area contributed by atoms with E-state index < -0.39 is 0 Å². The zero-order valence-corrected chi connectivity index (χ0v) is 11.1. The molecule has 1 aromatic rings. The fourth-order valence-corrected chi connectivity index (χ4v) is 1.98. The van der Waals surface area contributed by atoms with E-state index in [0.29, 0.717) is 13.1 Å². The molecule has 1 saturated heterocycles. The maximum absolute atomic E-state index is 9.76. The number of benzene rings is 1. The third kappa shape index (κ3) is 6.40. The van der Waals surface area contributed by atoms with Crippen LogP contribution in [0.3, 0.4) is 0 Å². The summed E-state index contributed by atoms with van der Waals surface area (Å²) in [6.07, 6.45) is 5.53. The van der Waals surface area contributed by atoms with E-state index in [9.17, 15) is 4.79 Å². The lowest BCUT2D eigenvalue weighted by Gasteiger charge is -2.21. The molecule has 3 nitrogen and oxygen atoms in total. The predicted octanol–water partition coefficient (Wildman–Crippen LogP) is 2.90. The van der Waals surface area contributed by atoms with E-state index in [-0.39, 0.29) is 0 Å². The number of rotatable bonds is 4. The van der Waals surface area contributed by atoms with Crippen molar-refractivity contribution in [3.63, 3.8) is 0 Å². The minimum atomic E-state index is 0.365.